The van der Waals surface area contributed by atoms with Crippen molar-refractivity contribution < 1.29 is 27.4 Å². The summed E-state index contributed by atoms with van der Waals surface area (Å²) in [4.78, 5) is 25.1. The van der Waals surface area contributed by atoms with Gasteiger partial charge in [0.2, 0.25) is 5.91 Å². The van der Waals surface area contributed by atoms with Crippen molar-refractivity contribution in [1.29, 1.82) is 0 Å². The number of amides is 1. The molecule has 1 aromatic heterocycles. The first-order chi connectivity index (χ1) is 10.9. The van der Waals surface area contributed by atoms with Gasteiger partial charge in [-0.25, -0.2) is 0 Å². The molecule has 0 aromatic carbocycles. The van der Waals surface area contributed by atoms with Crippen molar-refractivity contribution in [2.24, 2.45) is 0 Å². The van der Waals surface area contributed by atoms with E-state index in [1.54, 1.807) is 0 Å². The van der Waals surface area contributed by atoms with Gasteiger partial charge in [-0.1, -0.05) is 0 Å². The Hall–Kier alpha value is -1.87. The highest BCUT2D eigenvalue weighted by Crippen LogP contribution is 2.29. The molecule has 1 fully saturated rings. The lowest BCUT2D eigenvalue weighted by molar-refractivity contribution is -0.137. The first-order valence-corrected chi connectivity index (χ1v) is 7.15. The van der Waals surface area contributed by atoms with Gasteiger partial charge in [-0.15, -0.1) is 0 Å². The van der Waals surface area contributed by atoms with Crippen molar-refractivity contribution in [2.75, 3.05) is 25.1 Å². The lowest BCUT2D eigenvalue weighted by Gasteiger charge is -2.11. The molecule has 128 valence electrons. The average Bonchev–Trinajstić information content (AvgIpc) is 2.98. The van der Waals surface area contributed by atoms with Crippen LogP contribution in [0, 0.1) is 0 Å². The standard InChI is InChI=1S/C14H17F3N2O4/c15-14(16,17)9-6-11(13(21)18-7-9)19-12(20)3-5-22-8-10-2-1-4-23-10/h6-7,10H,1-5,8H2,(H,18,21)(H,19,20)/t10-/m0/s1. The Kier molecular flexibility index (Phi) is 5.78. The molecule has 0 bridgehead atoms. The first kappa shape index (κ1) is 17.5. The minimum atomic E-state index is -4.60. The number of aromatic nitrogens is 1. The second-order valence-electron chi connectivity index (χ2n) is 5.14. The van der Waals surface area contributed by atoms with Crippen LogP contribution in [0.3, 0.4) is 0 Å². The maximum atomic E-state index is 12.6. The van der Waals surface area contributed by atoms with Crippen LogP contribution in [0.15, 0.2) is 17.1 Å². The fourth-order valence-corrected chi connectivity index (χ4v) is 2.11. The number of hydrogen-bond donors (Lipinski definition) is 2. The number of carbonyl (C=O) groups excluding carboxylic acids is 1. The Morgan fingerprint density at radius 3 is 2.91 bits per heavy atom. The lowest BCUT2D eigenvalue weighted by Crippen LogP contribution is -2.23. The largest absolute Gasteiger partial charge is 0.417 e. The van der Waals surface area contributed by atoms with E-state index in [1.807, 2.05) is 4.98 Å². The van der Waals surface area contributed by atoms with E-state index in [0.29, 0.717) is 25.5 Å². The minimum Gasteiger partial charge on any atom is -0.378 e. The van der Waals surface area contributed by atoms with Crippen molar-refractivity contribution in [3.63, 3.8) is 0 Å². The van der Waals surface area contributed by atoms with Gasteiger partial charge in [0, 0.05) is 12.8 Å². The molecule has 1 aliphatic heterocycles. The molecule has 0 unspecified atom stereocenters. The molecular formula is C14H17F3N2O4. The van der Waals surface area contributed by atoms with E-state index >= 15 is 0 Å². The zero-order valence-corrected chi connectivity index (χ0v) is 12.2. The molecule has 1 atom stereocenters. The Labute approximate surface area is 130 Å². The summed E-state index contributed by atoms with van der Waals surface area (Å²) in [7, 11) is 0. The number of pyridine rings is 1. The molecule has 0 saturated carbocycles. The molecule has 1 aliphatic rings. The Balaban J connectivity index is 1.81. The van der Waals surface area contributed by atoms with Gasteiger partial charge >= 0.3 is 6.18 Å². The topological polar surface area (TPSA) is 80.4 Å². The van der Waals surface area contributed by atoms with Crippen molar-refractivity contribution in [3.05, 3.63) is 28.2 Å². The third-order valence-corrected chi connectivity index (χ3v) is 3.31. The van der Waals surface area contributed by atoms with Crippen LogP contribution in [-0.4, -0.2) is 36.8 Å². The summed E-state index contributed by atoms with van der Waals surface area (Å²) < 4.78 is 48.3. The molecule has 2 heterocycles. The van der Waals surface area contributed by atoms with Gasteiger partial charge < -0.3 is 19.8 Å². The number of alkyl halides is 3. The van der Waals surface area contributed by atoms with E-state index in [-0.39, 0.29) is 19.1 Å². The Morgan fingerprint density at radius 1 is 1.48 bits per heavy atom. The van der Waals surface area contributed by atoms with Gasteiger partial charge in [0.15, 0.2) is 0 Å². The Morgan fingerprint density at radius 2 is 2.26 bits per heavy atom. The highest BCUT2D eigenvalue weighted by Gasteiger charge is 2.31. The minimum absolute atomic E-state index is 0.0318. The van der Waals surface area contributed by atoms with Crippen LogP contribution < -0.4 is 10.9 Å². The third kappa shape index (κ3) is 5.36. The second kappa shape index (κ2) is 7.60. The molecule has 23 heavy (non-hydrogen) atoms. The summed E-state index contributed by atoms with van der Waals surface area (Å²) in [6.45, 7) is 1.17. The number of halogens is 3. The van der Waals surface area contributed by atoms with Gasteiger partial charge in [-0.3, -0.25) is 9.59 Å². The van der Waals surface area contributed by atoms with Crippen LogP contribution in [0.2, 0.25) is 0 Å². The van der Waals surface area contributed by atoms with Crippen molar-refractivity contribution >= 4 is 11.6 Å². The number of ether oxygens (including phenoxy) is 2. The quantitative estimate of drug-likeness (QED) is 0.779. The number of rotatable bonds is 6. The van der Waals surface area contributed by atoms with Gasteiger partial charge in [0.1, 0.15) is 5.69 Å². The summed E-state index contributed by atoms with van der Waals surface area (Å²) >= 11 is 0. The lowest BCUT2D eigenvalue weighted by atomic mass is 10.2. The van der Waals surface area contributed by atoms with Gasteiger partial charge in [0.05, 0.1) is 31.3 Å². The molecule has 2 rings (SSSR count). The number of H-pyrrole nitrogens is 1. The number of hydrogen-bond acceptors (Lipinski definition) is 4. The molecular weight excluding hydrogens is 317 g/mol. The van der Waals surface area contributed by atoms with Crippen LogP contribution in [0.25, 0.3) is 0 Å². The summed E-state index contributed by atoms with van der Waals surface area (Å²) in [5.41, 5.74) is -2.28. The third-order valence-electron chi connectivity index (χ3n) is 3.31. The van der Waals surface area contributed by atoms with E-state index in [9.17, 15) is 22.8 Å². The van der Waals surface area contributed by atoms with E-state index in [0.717, 1.165) is 12.8 Å². The van der Waals surface area contributed by atoms with Crippen LogP contribution in [-0.2, 0) is 20.4 Å². The van der Waals surface area contributed by atoms with E-state index in [2.05, 4.69) is 5.32 Å². The average molecular weight is 334 g/mol. The fourth-order valence-electron chi connectivity index (χ4n) is 2.11. The maximum absolute atomic E-state index is 12.6. The number of anilines is 1. The van der Waals surface area contributed by atoms with E-state index in [4.69, 9.17) is 9.47 Å². The summed E-state index contributed by atoms with van der Waals surface area (Å²) in [6.07, 6.45) is -2.19. The van der Waals surface area contributed by atoms with E-state index < -0.39 is 28.9 Å². The number of aromatic amines is 1. The van der Waals surface area contributed by atoms with Gasteiger partial charge in [0.25, 0.3) is 5.56 Å². The fraction of sp³-hybridized carbons (Fsp3) is 0.571. The number of carbonyl (C=O) groups is 1. The van der Waals surface area contributed by atoms with Crippen LogP contribution in [0.1, 0.15) is 24.8 Å². The molecule has 1 amide bonds. The SMILES string of the molecule is O=C(CCOC[C@@H]1CCCO1)Nc1cc(C(F)(F)F)c[nH]c1=O. The van der Waals surface area contributed by atoms with Gasteiger partial charge in [-0.05, 0) is 18.9 Å². The van der Waals surface area contributed by atoms with Crippen molar-refractivity contribution in [3.8, 4) is 0 Å². The molecule has 0 radical (unpaired) electrons. The Bertz CT molecular complexity index is 594. The van der Waals surface area contributed by atoms with Crippen molar-refractivity contribution in [1.82, 2.24) is 4.98 Å². The predicted octanol–water partition coefficient (Wildman–Crippen LogP) is 1.92. The van der Waals surface area contributed by atoms with Gasteiger partial charge in [-0.2, -0.15) is 13.2 Å². The first-order valence-electron chi connectivity index (χ1n) is 7.15. The monoisotopic (exact) mass is 334 g/mol. The van der Waals surface area contributed by atoms with Crippen LogP contribution >= 0.6 is 0 Å². The normalized spacial score (nSPS) is 18.1. The van der Waals surface area contributed by atoms with Crippen LogP contribution in [0.4, 0.5) is 18.9 Å². The molecule has 0 spiro atoms. The zero-order chi connectivity index (χ0) is 16.9. The molecule has 6 nitrogen and oxygen atoms in total. The molecule has 9 heteroatoms. The summed E-state index contributed by atoms with van der Waals surface area (Å²) in [5.74, 6) is -0.595. The predicted molar refractivity (Wildman–Crippen MR) is 75.1 cm³/mol. The van der Waals surface area contributed by atoms with Crippen molar-refractivity contribution in [2.45, 2.75) is 31.5 Å². The maximum Gasteiger partial charge on any atom is 0.417 e. The summed E-state index contributed by atoms with van der Waals surface area (Å²) in [6, 6.07) is 0.601. The molecule has 1 aromatic rings. The highest BCUT2D eigenvalue weighted by atomic mass is 19.4. The summed E-state index contributed by atoms with van der Waals surface area (Å²) in [5, 5.41) is 2.16. The highest BCUT2D eigenvalue weighted by molar-refractivity contribution is 5.90. The molecule has 0 aliphatic carbocycles. The smallest absolute Gasteiger partial charge is 0.378 e. The van der Waals surface area contributed by atoms with E-state index in [1.165, 1.54) is 0 Å². The molecule has 2 N–H and O–H groups in total. The van der Waals surface area contributed by atoms with Crippen LogP contribution in [0.5, 0.6) is 0 Å². The second-order valence-corrected chi connectivity index (χ2v) is 5.14. The molecule has 1 saturated heterocycles. The number of nitrogens with one attached hydrogen (secondary N) is 2. The zero-order valence-electron chi connectivity index (χ0n) is 12.2.